The van der Waals surface area contributed by atoms with E-state index in [1.807, 2.05) is 32.9 Å². The summed E-state index contributed by atoms with van der Waals surface area (Å²) in [5, 5.41) is 11.7. The molecule has 3 aromatic rings. The summed E-state index contributed by atoms with van der Waals surface area (Å²) < 4.78 is 16.0. The lowest BCUT2D eigenvalue weighted by atomic mass is 10.0. The first-order chi connectivity index (χ1) is 15.8. The Hall–Kier alpha value is -3.17. The highest BCUT2D eigenvalue weighted by Gasteiger charge is 2.16. The van der Waals surface area contributed by atoms with Gasteiger partial charge in [-0.15, -0.1) is 10.2 Å². The van der Waals surface area contributed by atoms with Gasteiger partial charge in [-0.2, -0.15) is 0 Å². The standard InChI is InChI=1S/C23H24ClN3O5S/c1-13(2)17-10-18(24)14(3)9-19(17)31-12-21(28)32-11-20-26-27-23(33-20)22(29)25-15-5-7-16(30-4)8-6-15/h5-10,13H,11-12H2,1-4H3,(H,25,29). The van der Waals surface area contributed by atoms with E-state index < -0.39 is 11.9 Å². The van der Waals surface area contributed by atoms with Crippen LogP contribution in [0.4, 0.5) is 5.69 Å². The van der Waals surface area contributed by atoms with E-state index in [1.165, 1.54) is 0 Å². The maximum atomic E-state index is 12.3. The Morgan fingerprint density at radius 1 is 1.15 bits per heavy atom. The minimum Gasteiger partial charge on any atom is -0.497 e. The summed E-state index contributed by atoms with van der Waals surface area (Å²) >= 11 is 7.24. The molecule has 0 aliphatic carbocycles. The number of anilines is 1. The van der Waals surface area contributed by atoms with Crippen LogP contribution >= 0.6 is 22.9 Å². The van der Waals surface area contributed by atoms with Gasteiger partial charge in [-0.3, -0.25) is 4.79 Å². The summed E-state index contributed by atoms with van der Waals surface area (Å²) in [4.78, 5) is 24.5. The number of carbonyl (C=O) groups excluding carboxylic acids is 2. The Bertz CT molecular complexity index is 1130. The van der Waals surface area contributed by atoms with Gasteiger partial charge in [0.2, 0.25) is 5.01 Å². The molecule has 0 bridgehead atoms. The first-order valence-corrected chi connectivity index (χ1v) is 11.3. The Morgan fingerprint density at radius 3 is 2.55 bits per heavy atom. The van der Waals surface area contributed by atoms with Crippen molar-refractivity contribution in [2.24, 2.45) is 0 Å². The maximum Gasteiger partial charge on any atom is 0.344 e. The second kappa shape index (κ2) is 11.1. The van der Waals surface area contributed by atoms with E-state index in [0.717, 1.165) is 22.5 Å². The number of hydrogen-bond donors (Lipinski definition) is 1. The van der Waals surface area contributed by atoms with E-state index in [-0.39, 0.29) is 24.1 Å². The minimum atomic E-state index is -0.559. The minimum absolute atomic E-state index is 0.105. The molecule has 174 valence electrons. The lowest BCUT2D eigenvalue weighted by Crippen LogP contribution is -2.15. The molecule has 0 spiro atoms. The zero-order valence-electron chi connectivity index (χ0n) is 18.7. The number of carbonyl (C=O) groups is 2. The van der Waals surface area contributed by atoms with Crippen LogP contribution in [0.5, 0.6) is 11.5 Å². The third-order valence-corrected chi connectivity index (χ3v) is 5.93. The van der Waals surface area contributed by atoms with Gasteiger partial charge >= 0.3 is 5.97 Å². The topological polar surface area (TPSA) is 99.6 Å². The van der Waals surface area contributed by atoms with Crippen molar-refractivity contribution in [3.8, 4) is 11.5 Å². The number of hydrogen-bond acceptors (Lipinski definition) is 8. The van der Waals surface area contributed by atoms with E-state index in [0.29, 0.717) is 27.2 Å². The Morgan fingerprint density at radius 2 is 1.88 bits per heavy atom. The summed E-state index contributed by atoms with van der Waals surface area (Å²) in [6.07, 6.45) is 0. The van der Waals surface area contributed by atoms with Crippen LogP contribution in [0.3, 0.4) is 0 Å². The highest BCUT2D eigenvalue weighted by Crippen LogP contribution is 2.32. The van der Waals surface area contributed by atoms with Gasteiger partial charge < -0.3 is 19.5 Å². The van der Waals surface area contributed by atoms with Crippen LogP contribution in [0.15, 0.2) is 36.4 Å². The molecule has 0 unspecified atom stereocenters. The third-order valence-electron chi connectivity index (χ3n) is 4.62. The molecule has 0 saturated carbocycles. The van der Waals surface area contributed by atoms with E-state index in [1.54, 1.807) is 31.4 Å². The Balaban J connectivity index is 1.51. The molecule has 10 heteroatoms. The molecule has 0 aliphatic heterocycles. The smallest absolute Gasteiger partial charge is 0.344 e. The molecule has 33 heavy (non-hydrogen) atoms. The monoisotopic (exact) mass is 489 g/mol. The molecule has 0 radical (unpaired) electrons. The molecule has 2 aromatic carbocycles. The largest absolute Gasteiger partial charge is 0.497 e. The summed E-state index contributed by atoms with van der Waals surface area (Å²) in [6.45, 7) is 5.54. The van der Waals surface area contributed by atoms with E-state index in [2.05, 4.69) is 15.5 Å². The number of nitrogens with zero attached hydrogens (tertiary/aromatic N) is 2. The van der Waals surface area contributed by atoms with Crippen LogP contribution in [-0.2, 0) is 16.1 Å². The first-order valence-electron chi connectivity index (χ1n) is 10.1. The average Bonchev–Trinajstić information content (AvgIpc) is 3.28. The van der Waals surface area contributed by atoms with Crippen molar-refractivity contribution in [3.05, 3.63) is 62.6 Å². The highest BCUT2D eigenvalue weighted by molar-refractivity contribution is 7.13. The number of aromatic nitrogens is 2. The Kier molecular flexibility index (Phi) is 8.24. The van der Waals surface area contributed by atoms with Crippen LogP contribution in [0.1, 0.15) is 45.7 Å². The molecule has 0 saturated heterocycles. The second-order valence-electron chi connectivity index (χ2n) is 7.43. The molecule has 0 fully saturated rings. The number of amides is 1. The number of ether oxygens (including phenoxy) is 3. The fraction of sp³-hybridized carbons (Fsp3) is 0.304. The quantitative estimate of drug-likeness (QED) is 0.422. The predicted octanol–water partition coefficient (Wildman–Crippen LogP) is 5.01. The molecule has 0 atom stereocenters. The van der Waals surface area contributed by atoms with Gasteiger partial charge in [0.25, 0.3) is 5.91 Å². The second-order valence-corrected chi connectivity index (χ2v) is 8.90. The van der Waals surface area contributed by atoms with Gasteiger partial charge in [-0.25, -0.2) is 4.79 Å². The summed E-state index contributed by atoms with van der Waals surface area (Å²) in [6, 6.07) is 10.6. The fourth-order valence-electron chi connectivity index (χ4n) is 2.83. The van der Waals surface area contributed by atoms with Crippen LogP contribution in [0, 0.1) is 6.92 Å². The van der Waals surface area contributed by atoms with Gasteiger partial charge in [0.15, 0.2) is 11.6 Å². The number of halogens is 1. The number of esters is 1. The molecule has 3 rings (SSSR count). The fourth-order valence-corrected chi connectivity index (χ4v) is 3.65. The molecule has 0 aliphatic rings. The number of rotatable bonds is 9. The van der Waals surface area contributed by atoms with Crippen LogP contribution in [0.25, 0.3) is 0 Å². The van der Waals surface area contributed by atoms with Gasteiger partial charge in [0.05, 0.1) is 7.11 Å². The maximum absolute atomic E-state index is 12.3. The van der Waals surface area contributed by atoms with Crippen molar-refractivity contribution in [1.82, 2.24) is 10.2 Å². The first kappa shape index (κ1) is 24.5. The molecular formula is C23H24ClN3O5S. The van der Waals surface area contributed by atoms with Crippen molar-refractivity contribution in [3.63, 3.8) is 0 Å². The summed E-state index contributed by atoms with van der Waals surface area (Å²) in [7, 11) is 1.57. The normalized spacial score (nSPS) is 10.7. The molecule has 1 N–H and O–H groups in total. The lowest BCUT2D eigenvalue weighted by Gasteiger charge is -2.15. The van der Waals surface area contributed by atoms with Crippen molar-refractivity contribution in [1.29, 1.82) is 0 Å². The average molecular weight is 490 g/mol. The third kappa shape index (κ3) is 6.66. The van der Waals surface area contributed by atoms with E-state index in [9.17, 15) is 9.59 Å². The van der Waals surface area contributed by atoms with E-state index in [4.69, 9.17) is 25.8 Å². The Labute approximate surface area is 200 Å². The van der Waals surface area contributed by atoms with Gasteiger partial charge in [-0.1, -0.05) is 36.8 Å². The zero-order valence-corrected chi connectivity index (χ0v) is 20.2. The van der Waals surface area contributed by atoms with Crippen LogP contribution in [-0.4, -0.2) is 35.8 Å². The van der Waals surface area contributed by atoms with E-state index >= 15 is 0 Å². The number of aryl methyl sites for hydroxylation is 1. The van der Waals surface area contributed by atoms with Crippen LogP contribution < -0.4 is 14.8 Å². The number of nitrogens with one attached hydrogen (secondary N) is 1. The lowest BCUT2D eigenvalue weighted by molar-refractivity contribution is -0.147. The molecular weight excluding hydrogens is 466 g/mol. The number of benzene rings is 2. The van der Waals surface area contributed by atoms with Crippen LogP contribution in [0.2, 0.25) is 5.02 Å². The zero-order chi connectivity index (χ0) is 24.0. The highest BCUT2D eigenvalue weighted by atomic mass is 35.5. The van der Waals surface area contributed by atoms with Crippen molar-refractivity contribution < 1.29 is 23.8 Å². The van der Waals surface area contributed by atoms with Gasteiger partial charge in [-0.05, 0) is 60.4 Å². The molecule has 1 aromatic heterocycles. The predicted molar refractivity (Wildman–Crippen MR) is 126 cm³/mol. The summed E-state index contributed by atoms with van der Waals surface area (Å²) in [5.41, 5.74) is 2.37. The molecule has 8 nitrogen and oxygen atoms in total. The van der Waals surface area contributed by atoms with Gasteiger partial charge in [0.1, 0.15) is 18.1 Å². The van der Waals surface area contributed by atoms with Crippen molar-refractivity contribution in [2.75, 3.05) is 19.0 Å². The van der Waals surface area contributed by atoms with Gasteiger partial charge in [0, 0.05) is 10.7 Å². The van der Waals surface area contributed by atoms with Crippen molar-refractivity contribution in [2.45, 2.75) is 33.3 Å². The SMILES string of the molecule is COc1ccc(NC(=O)c2nnc(COC(=O)COc3cc(C)c(Cl)cc3C(C)C)s2)cc1. The van der Waals surface area contributed by atoms with Crippen molar-refractivity contribution >= 4 is 40.5 Å². The molecule has 1 heterocycles. The molecule has 1 amide bonds. The number of methoxy groups -OCH3 is 1. The summed E-state index contributed by atoms with van der Waals surface area (Å²) in [5.74, 6) is 0.494.